The molecule has 0 amide bonds. The molecule has 1 N–H and O–H groups in total. The summed E-state index contributed by atoms with van der Waals surface area (Å²) in [6.45, 7) is 8.20. The molecule has 1 fully saturated rings. The molecule has 34 heavy (non-hydrogen) atoms. The molecule has 0 radical (unpaired) electrons. The molecule has 12 heteroatoms. The van der Waals surface area contributed by atoms with Gasteiger partial charge in [-0.3, -0.25) is 4.90 Å². The Morgan fingerprint density at radius 3 is 2.56 bits per heavy atom. The minimum absolute atomic E-state index is 0.0729. The van der Waals surface area contributed by atoms with Gasteiger partial charge in [-0.1, -0.05) is 19.0 Å². The second-order valence-electron chi connectivity index (χ2n) is 8.58. The van der Waals surface area contributed by atoms with E-state index in [1.165, 1.54) is 18.5 Å². The van der Waals surface area contributed by atoms with Crippen LogP contribution in [0, 0.1) is 5.82 Å². The maximum absolute atomic E-state index is 14.4. The van der Waals surface area contributed by atoms with Crippen LogP contribution in [0.4, 0.5) is 21.7 Å². The number of anilines is 3. The molecule has 0 spiro atoms. The normalized spacial score (nSPS) is 15.1. The highest BCUT2D eigenvalue weighted by molar-refractivity contribution is 7.90. The molecule has 3 aromatic rings. The molecule has 2 aromatic heterocycles. The van der Waals surface area contributed by atoms with Crippen molar-refractivity contribution in [2.45, 2.75) is 31.1 Å². The third-order valence-electron chi connectivity index (χ3n) is 5.62. The van der Waals surface area contributed by atoms with Crippen LogP contribution in [-0.4, -0.2) is 72.4 Å². The highest BCUT2D eigenvalue weighted by Crippen LogP contribution is 2.24. The summed E-state index contributed by atoms with van der Waals surface area (Å²) in [6, 6.07) is 5.50. The summed E-state index contributed by atoms with van der Waals surface area (Å²) in [5.74, 6) is 2.14. The largest absolute Gasteiger partial charge is 0.354 e. The summed E-state index contributed by atoms with van der Waals surface area (Å²) in [4.78, 5) is 17.4. The van der Waals surface area contributed by atoms with E-state index in [1.807, 2.05) is 13.8 Å². The van der Waals surface area contributed by atoms with E-state index >= 15 is 0 Å². The minimum atomic E-state index is -3.48. The summed E-state index contributed by atoms with van der Waals surface area (Å²) in [5.41, 5.74) is 0.142. The Hall–Kier alpha value is -3.12. The zero-order valence-electron chi connectivity index (χ0n) is 19.4. The van der Waals surface area contributed by atoms with E-state index in [1.54, 1.807) is 6.07 Å². The standard InChI is InChI=1S/C22H28FN7O3S/c1-15(2)22-27-21(33-28-22)6-7-29-8-10-30(11-9-29)20-13-19(24-14-25-20)26-18-5-4-16(12-17(18)23)34(3,31)32/h4-5,12-15H,6-11H2,1-3H3,(H,24,25,26). The summed E-state index contributed by atoms with van der Waals surface area (Å²) in [6.07, 6.45) is 3.18. The van der Waals surface area contributed by atoms with Crippen LogP contribution in [0.2, 0.25) is 0 Å². The van der Waals surface area contributed by atoms with Crippen LogP contribution in [0.1, 0.15) is 31.5 Å². The van der Waals surface area contributed by atoms with Crippen molar-refractivity contribution in [2.75, 3.05) is 49.2 Å². The first kappa shape index (κ1) is 24.0. The Labute approximate surface area is 198 Å². The lowest BCUT2D eigenvalue weighted by atomic mass is 10.2. The predicted molar refractivity (Wildman–Crippen MR) is 126 cm³/mol. The van der Waals surface area contributed by atoms with Gasteiger partial charge in [0.25, 0.3) is 0 Å². The van der Waals surface area contributed by atoms with E-state index in [0.29, 0.717) is 18.1 Å². The van der Waals surface area contributed by atoms with Gasteiger partial charge in [0, 0.05) is 57.4 Å². The number of hydrogen-bond acceptors (Lipinski definition) is 10. The van der Waals surface area contributed by atoms with Gasteiger partial charge in [0.15, 0.2) is 15.7 Å². The summed E-state index contributed by atoms with van der Waals surface area (Å²) in [7, 11) is -3.48. The lowest BCUT2D eigenvalue weighted by Gasteiger charge is -2.35. The average molecular weight is 490 g/mol. The average Bonchev–Trinajstić information content (AvgIpc) is 3.28. The van der Waals surface area contributed by atoms with Crippen molar-refractivity contribution >= 4 is 27.2 Å². The predicted octanol–water partition coefficient (Wildman–Crippen LogP) is 2.63. The monoisotopic (exact) mass is 489 g/mol. The number of nitrogens with zero attached hydrogens (tertiary/aromatic N) is 6. The zero-order chi connectivity index (χ0) is 24.3. The van der Waals surface area contributed by atoms with E-state index in [2.05, 4.69) is 35.2 Å². The van der Waals surface area contributed by atoms with Gasteiger partial charge in [-0.05, 0) is 18.2 Å². The van der Waals surface area contributed by atoms with Gasteiger partial charge in [0.2, 0.25) is 5.89 Å². The van der Waals surface area contributed by atoms with Crippen LogP contribution < -0.4 is 10.2 Å². The van der Waals surface area contributed by atoms with Gasteiger partial charge in [0.1, 0.15) is 23.8 Å². The molecule has 182 valence electrons. The van der Waals surface area contributed by atoms with Crippen LogP contribution in [0.25, 0.3) is 0 Å². The second-order valence-corrected chi connectivity index (χ2v) is 10.6. The molecule has 4 rings (SSSR count). The van der Waals surface area contributed by atoms with Crippen LogP contribution in [-0.2, 0) is 16.3 Å². The summed E-state index contributed by atoms with van der Waals surface area (Å²) in [5, 5.41) is 6.91. The van der Waals surface area contributed by atoms with E-state index in [-0.39, 0.29) is 16.5 Å². The Morgan fingerprint density at radius 2 is 1.91 bits per heavy atom. The SMILES string of the molecule is CC(C)c1noc(CCN2CCN(c3cc(Nc4ccc(S(C)(=O)=O)cc4F)ncn3)CC2)n1. The second kappa shape index (κ2) is 10.0. The van der Waals surface area contributed by atoms with Gasteiger partial charge < -0.3 is 14.7 Å². The van der Waals surface area contributed by atoms with Gasteiger partial charge in [-0.2, -0.15) is 4.98 Å². The first-order chi connectivity index (χ1) is 16.2. The Kier molecular flexibility index (Phi) is 7.08. The first-order valence-corrected chi connectivity index (χ1v) is 13.0. The van der Waals surface area contributed by atoms with Crippen LogP contribution in [0.5, 0.6) is 0 Å². The van der Waals surface area contributed by atoms with Gasteiger partial charge in [0.05, 0.1) is 10.6 Å². The van der Waals surface area contributed by atoms with E-state index in [0.717, 1.165) is 56.7 Å². The molecule has 10 nitrogen and oxygen atoms in total. The molecular weight excluding hydrogens is 461 g/mol. The van der Waals surface area contributed by atoms with Crippen molar-refractivity contribution in [3.63, 3.8) is 0 Å². The van der Waals surface area contributed by atoms with Crippen molar-refractivity contribution in [1.82, 2.24) is 25.0 Å². The van der Waals surface area contributed by atoms with Crippen molar-refractivity contribution < 1.29 is 17.3 Å². The summed E-state index contributed by atoms with van der Waals surface area (Å²) < 4.78 is 42.9. The number of halogens is 1. The molecule has 3 heterocycles. The van der Waals surface area contributed by atoms with Crippen LogP contribution in [0.3, 0.4) is 0 Å². The van der Waals surface area contributed by atoms with Crippen molar-refractivity contribution in [2.24, 2.45) is 0 Å². The van der Waals surface area contributed by atoms with Crippen molar-refractivity contribution in [3.05, 3.63) is 48.1 Å². The molecule has 1 aromatic carbocycles. The lowest BCUT2D eigenvalue weighted by molar-refractivity contribution is 0.248. The molecule has 0 aliphatic carbocycles. The minimum Gasteiger partial charge on any atom is -0.354 e. The van der Waals surface area contributed by atoms with Gasteiger partial charge in [-0.15, -0.1) is 0 Å². The molecule has 1 aliphatic heterocycles. The number of nitrogens with one attached hydrogen (secondary N) is 1. The number of rotatable bonds is 8. The lowest BCUT2D eigenvalue weighted by Crippen LogP contribution is -2.47. The van der Waals surface area contributed by atoms with Gasteiger partial charge >= 0.3 is 0 Å². The Balaban J connectivity index is 1.33. The molecule has 0 unspecified atom stereocenters. The fourth-order valence-electron chi connectivity index (χ4n) is 3.61. The smallest absolute Gasteiger partial charge is 0.227 e. The van der Waals surface area contributed by atoms with Crippen molar-refractivity contribution in [3.8, 4) is 0 Å². The molecule has 1 saturated heterocycles. The fourth-order valence-corrected chi connectivity index (χ4v) is 4.25. The van der Waals surface area contributed by atoms with E-state index in [9.17, 15) is 12.8 Å². The maximum atomic E-state index is 14.4. The zero-order valence-corrected chi connectivity index (χ0v) is 20.2. The number of sulfone groups is 1. The summed E-state index contributed by atoms with van der Waals surface area (Å²) >= 11 is 0. The highest BCUT2D eigenvalue weighted by atomic mass is 32.2. The molecule has 1 aliphatic rings. The Bertz CT molecular complexity index is 1240. The van der Waals surface area contributed by atoms with Crippen molar-refractivity contribution in [1.29, 1.82) is 0 Å². The van der Waals surface area contributed by atoms with Crippen LogP contribution in [0.15, 0.2) is 40.0 Å². The third-order valence-corrected chi connectivity index (χ3v) is 6.73. The highest BCUT2D eigenvalue weighted by Gasteiger charge is 2.20. The Morgan fingerprint density at radius 1 is 1.15 bits per heavy atom. The number of hydrogen-bond donors (Lipinski definition) is 1. The third kappa shape index (κ3) is 5.86. The van der Waals surface area contributed by atoms with Gasteiger partial charge in [-0.25, -0.2) is 22.8 Å². The number of piperazine rings is 1. The van der Waals surface area contributed by atoms with Crippen LogP contribution >= 0.6 is 0 Å². The molecule has 0 bridgehead atoms. The fraction of sp³-hybridized carbons (Fsp3) is 0.455. The molecule has 0 atom stereocenters. The number of benzene rings is 1. The van der Waals surface area contributed by atoms with E-state index in [4.69, 9.17) is 4.52 Å². The molecule has 0 saturated carbocycles. The topological polar surface area (TPSA) is 117 Å². The molecular formula is C22H28FN7O3S. The quantitative estimate of drug-likeness (QED) is 0.506. The van der Waals surface area contributed by atoms with E-state index < -0.39 is 15.7 Å². The number of aromatic nitrogens is 4. The first-order valence-electron chi connectivity index (χ1n) is 11.1. The maximum Gasteiger partial charge on any atom is 0.227 e.